The van der Waals surface area contributed by atoms with Crippen molar-refractivity contribution in [3.05, 3.63) is 0 Å². The molecule has 0 saturated carbocycles. The summed E-state index contributed by atoms with van der Waals surface area (Å²) in [7, 11) is 0. The van der Waals surface area contributed by atoms with Crippen LogP contribution in [0, 0.1) is 0 Å². The summed E-state index contributed by atoms with van der Waals surface area (Å²) in [6, 6.07) is 0. The Balaban J connectivity index is 3.25. The maximum atomic E-state index is 10.6. The molecule has 70 valence electrons. The van der Waals surface area contributed by atoms with Gasteiger partial charge in [-0.05, 0) is 6.42 Å². The molecule has 0 fully saturated rings. The molecular formula is C6H12N2O4. The van der Waals surface area contributed by atoms with E-state index in [4.69, 9.17) is 0 Å². The van der Waals surface area contributed by atoms with Gasteiger partial charge in [0.25, 0.3) is 0 Å². The van der Waals surface area contributed by atoms with Crippen molar-refractivity contribution in [1.82, 2.24) is 5.32 Å². The molecule has 0 aliphatic heterocycles. The Morgan fingerprint density at radius 1 is 1.42 bits per heavy atom. The summed E-state index contributed by atoms with van der Waals surface area (Å²) in [4.78, 5) is 20.6. The number of nitrogens with one attached hydrogen (secondary N) is 1. The molecule has 0 aromatic heterocycles. The molecule has 0 aliphatic carbocycles. The molecule has 0 saturated heterocycles. The maximum absolute atomic E-state index is 10.6. The van der Waals surface area contributed by atoms with E-state index in [9.17, 15) is 9.59 Å². The molecule has 0 aromatic rings. The summed E-state index contributed by atoms with van der Waals surface area (Å²) in [6.07, 6.45) is -0.826. The second kappa shape index (κ2) is 6.26. The molecule has 0 aliphatic rings. The molecule has 12 heavy (non-hydrogen) atoms. The Labute approximate surface area is 70.0 Å². The normalized spacial score (nSPS) is 8.75. The molecule has 6 nitrogen and oxygen atoms in total. The van der Waals surface area contributed by atoms with Gasteiger partial charge in [0.15, 0.2) is 6.73 Å². The molecular weight excluding hydrogens is 164 g/mol. The Morgan fingerprint density at radius 3 is 2.58 bits per heavy atom. The van der Waals surface area contributed by atoms with Gasteiger partial charge in [-0.25, -0.2) is 9.59 Å². The first kappa shape index (κ1) is 10.5. The molecule has 0 atom stereocenters. The Bertz CT molecular complexity index is 160. The number of ether oxygens (including phenoxy) is 2. The highest BCUT2D eigenvalue weighted by molar-refractivity contribution is 5.68. The SMILES string of the molecule is CCCOC(=O)NCOC(N)=O. The summed E-state index contributed by atoms with van der Waals surface area (Å²) in [6.45, 7) is 1.94. The first-order chi connectivity index (χ1) is 5.66. The van der Waals surface area contributed by atoms with Gasteiger partial charge in [0, 0.05) is 0 Å². The van der Waals surface area contributed by atoms with Gasteiger partial charge in [-0.15, -0.1) is 0 Å². The summed E-state index contributed by atoms with van der Waals surface area (Å²) >= 11 is 0. The number of rotatable bonds is 4. The van der Waals surface area contributed by atoms with Crippen LogP contribution in [0.25, 0.3) is 0 Å². The van der Waals surface area contributed by atoms with E-state index in [2.05, 4.69) is 20.5 Å². The van der Waals surface area contributed by atoms with Crippen molar-refractivity contribution >= 4 is 12.2 Å². The van der Waals surface area contributed by atoms with Gasteiger partial charge in [-0.1, -0.05) is 6.92 Å². The van der Waals surface area contributed by atoms with Crippen LogP contribution in [0.1, 0.15) is 13.3 Å². The lowest BCUT2D eigenvalue weighted by Gasteiger charge is -2.04. The molecule has 0 bridgehead atoms. The lowest BCUT2D eigenvalue weighted by Crippen LogP contribution is -2.30. The smallest absolute Gasteiger partial charge is 0.409 e. The third-order valence-corrected chi connectivity index (χ3v) is 0.868. The lowest BCUT2D eigenvalue weighted by atomic mass is 10.5. The van der Waals surface area contributed by atoms with Crippen LogP contribution in [0.3, 0.4) is 0 Å². The molecule has 0 spiro atoms. The first-order valence-electron chi connectivity index (χ1n) is 3.49. The second-order valence-corrected chi connectivity index (χ2v) is 1.92. The molecule has 0 aromatic carbocycles. The summed E-state index contributed by atoms with van der Waals surface area (Å²) in [5.74, 6) is 0. The van der Waals surface area contributed by atoms with E-state index in [1.54, 1.807) is 0 Å². The van der Waals surface area contributed by atoms with E-state index < -0.39 is 12.2 Å². The van der Waals surface area contributed by atoms with Crippen LogP contribution in [0.2, 0.25) is 0 Å². The number of primary amides is 1. The number of hydrogen-bond acceptors (Lipinski definition) is 4. The van der Waals surface area contributed by atoms with Crippen LogP contribution in [-0.4, -0.2) is 25.5 Å². The average molecular weight is 176 g/mol. The van der Waals surface area contributed by atoms with E-state index in [0.717, 1.165) is 6.42 Å². The van der Waals surface area contributed by atoms with E-state index in [1.165, 1.54) is 0 Å². The standard InChI is InChI=1S/C6H12N2O4/c1-2-3-11-6(10)8-4-12-5(7)9/h2-4H2,1H3,(H2,7,9)(H,8,10). The molecule has 0 rings (SSSR count). The fourth-order valence-corrected chi connectivity index (χ4v) is 0.412. The average Bonchev–Trinajstić information content (AvgIpc) is 2.00. The van der Waals surface area contributed by atoms with Crippen LogP contribution >= 0.6 is 0 Å². The van der Waals surface area contributed by atoms with Gasteiger partial charge in [-0.3, -0.25) is 5.32 Å². The first-order valence-corrected chi connectivity index (χ1v) is 3.49. The fraction of sp³-hybridized carbons (Fsp3) is 0.667. The van der Waals surface area contributed by atoms with Gasteiger partial charge in [0.2, 0.25) is 0 Å². The number of hydrogen-bond donors (Lipinski definition) is 2. The number of carbonyl (C=O) groups is 2. The maximum Gasteiger partial charge on any atom is 0.409 e. The van der Waals surface area contributed by atoms with Gasteiger partial charge in [-0.2, -0.15) is 0 Å². The van der Waals surface area contributed by atoms with Crippen molar-refractivity contribution in [2.45, 2.75) is 13.3 Å². The third kappa shape index (κ3) is 6.66. The van der Waals surface area contributed by atoms with Crippen molar-refractivity contribution in [2.75, 3.05) is 13.3 Å². The molecule has 6 heteroatoms. The molecule has 0 radical (unpaired) electrons. The predicted octanol–water partition coefficient (Wildman–Crippen LogP) is 0.175. The van der Waals surface area contributed by atoms with Gasteiger partial charge < -0.3 is 15.2 Å². The van der Waals surface area contributed by atoms with Crippen molar-refractivity contribution in [2.24, 2.45) is 5.73 Å². The summed E-state index contributed by atoms with van der Waals surface area (Å²) in [5.41, 5.74) is 4.63. The zero-order valence-electron chi connectivity index (χ0n) is 6.83. The Hall–Kier alpha value is -1.46. The highest BCUT2D eigenvalue weighted by Gasteiger charge is 2.00. The van der Waals surface area contributed by atoms with Gasteiger partial charge in [0.05, 0.1) is 6.61 Å². The molecule has 3 N–H and O–H groups in total. The minimum atomic E-state index is -0.939. The highest BCUT2D eigenvalue weighted by Crippen LogP contribution is 1.81. The Morgan fingerprint density at radius 2 is 2.08 bits per heavy atom. The summed E-state index contributed by atoms with van der Waals surface area (Å²) in [5, 5.41) is 2.16. The number of nitrogens with two attached hydrogens (primary N) is 1. The summed E-state index contributed by atoms with van der Waals surface area (Å²) < 4.78 is 8.81. The quantitative estimate of drug-likeness (QED) is 0.597. The van der Waals surface area contributed by atoms with Crippen LogP contribution < -0.4 is 11.1 Å². The minimum Gasteiger partial charge on any atom is -0.450 e. The van der Waals surface area contributed by atoms with E-state index in [0.29, 0.717) is 6.61 Å². The topological polar surface area (TPSA) is 90.7 Å². The second-order valence-electron chi connectivity index (χ2n) is 1.92. The van der Waals surface area contributed by atoms with Gasteiger partial charge in [0.1, 0.15) is 0 Å². The van der Waals surface area contributed by atoms with Crippen LogP contribution in [-0.2, 0) is 9.47 Å². The highest BCUT2D eigenvalue weighted by atomic mass is 16.6. The van der Waals surface area contributed by atoms with Crippen molar-refractivity contribution in [3.63, 3.8) is 0 Å². The minimum absolute atomic E-state index is 0.266. The van der Waals surface area contributed by atoms with E-state index >= 15 is 0 Å². The largest absolute Gasteiger partial charge is 0.450 e. The zero-order valence-corrected chi connectivity index (χ0v) is 6.83. The van der Waals surface area contributed by atoms with Crippen LogP contribution in [0.4, 0.5) is 9.59 Å². The fourth-order valence-electron chi connectivity index (χ4n) is 0.412. The number of alkyl carbamates (subject to hydrolysis) is 1. The lowest BCUT2D eigenvalue weighted by molar-refractivity contribution is 0.119. The monoisotopic (exact) mass is 176 g/mol. The van der Waals surface area contributed by atoms with Crippen molar-refractivity contribution < 1.29 is 19.1 Å². The van der Waals surface area contributed by atoms with Crippen LogP contribution in [0.15, 0.2) is 0 Å². The Kier molecular flexibility index (Phi) is 5.50. The number of amides is 2. The predicted molar refractivity (Wildman–Crippen MR) is 40.3 cm³/mol. The molecule has 0 unspecified atom stereocenters. The molecule has 2 amide bonds. The molecule has 0 heterocycles. The van der Waals surface area contributed by atoms with Gasteiger partial charge >= 0.3 is 12.2 Å². The van der Waals surface area contributed by atoms with E-state index in [1.807, 2.05) is 6.92 Å². The van der Waals surface area contributed by atoms with Crippen molar-refractivity contribution in [3.8, 4) is 0 Å². The van der Waals surface area contributed by atoms with Crippen LogP contribution in [0.5, 0.6) is 0 Å². The van der Waals surface area contributed by atoms with Crippen molar-refractivity contribution in [1.29, 1.82) is 0 Å². The third-order valence-electron chi connectivity index (χ3n) is 0.868. The zero-order chi connectivity index (χ0) is 9.40. The van der Waals surface area contributed by atoms with E-state index in [-0.39, 0.29) is 6.73 Å². The number of carbonyl (C=O) groups excluding carboxylic acids is 2.